The smallest absolute Gasteiger partial charge is 0.317 e. The monoisotopic (exact) mass is 520 g/mol. The summed E-state index contributed by atoms with van der Waals surface area (Å²) in [6.45, 7) is -0.894. The van der Waals surface area contributed by atoms with Crippen molar-refractivity contribution in [3.63, 3.8) is 0 Å². The van der Waals surface area contributed by atoms with Crippen molar-refractivity contribution in [3.05, 3.63) is 58.7 Å². The van der Waals surface area contributed by atoms with E-state index < -0.39 is 11.9 Å². The van der Waals surface area contributed by atoms with Crippen molar-refractivity contribution in [2.45, 2.75) is 33.7 Å². The quantitative estimate of drug-likeness (QED) is 0.212. The third-order valence-electron chi connectivity index (χ3n) is 4.99. The Bertz CT molecular complexity index is 866. The third-order valence-corrected chi connectivity index (χ3v) is 4.99. The van der Waals surface area contributed by atoms with Gasteiger partial charge in [0.25, 0.3) is 0 Å². The Kier molecular flexibility index (Phi) is 14.1. The van der Waals surface area contributed by atoms with Crippen LogP contribution in [-0.2, 0) is 53.0 Å². The van der Waals surface area contributed by atoms with E-state index in [1.807, 2.05) is 0 Å². The average Bonchev–Trinajstić information content (AvgIpc) is 2.74. The van der Waals surface area contributed by atoms with E-state index in [4.69, 9.17) is 0 Å². The molecule has 6 N–H and O–H groups in total. The largest absolute Gasteiger partial charge is 0.507 e. The number of hydrogen-bond acceptors (Lipinski definition) is 8. The van der Waals surface area contributed by atoms with Gasteiger partial charge in [-0.3, -0.25) is 19.4 Å². The molecule has 0 unspecified atom stereocenters. The zero-order chi connectivity index (χ0) is 23.7. The minimum atomic E-state index is -1.08. The normalized spacial score (nSPS) is 10.6. The number of rotatable bonds is 13. The van der Waals surface area contributed by atoms with E-state index in [1.165, 1.54) is 9.80 Å². The maximum atomic E-state index is 11.3. The standard InChI is InChI=1S/C22H28N2O8.CH4.Fe/c25-13-17-5-1-3-15(21(17)31)9-23(11-19(27)28)7-8-24(12-20(29)30)10-16-4-2-6-18(14-26)22(16)32;;/h1-6,25-26,31-32H,7-14H2,(H,27,28)(H,29,30);1H4;. The average molecular weight is 520 g/mol. The van der Waals surface area contributed by atoms with Crippen molar-refractivity contribution in [3.8, 4) is 11.5 Å². The Labute approximate surface area is 209 Å². The maximum Gasteiger partial charge on any atom is 0.317 e. The van der Waals surface area contributed by atoms with Gasteiger partial charge in [0.2, 0.25) is 0 Å². The molecule has 0 aliphatic carbocycles. The van der Waals surface area contributed by atoms with E-state index in [-0.39, 0.29) is 88.5 Å². The Morgan fingerprint density at radius 3 is 1.29 bits per heavy atom. The van der Waals surface area contributed by atoms with Gasteiger partial charge in [-0.15, -0.1) is 0 Å². The number of carbonyl (C=O) groups is 2. The van der Waals surface area contributed by atoms with Crippen molar-refractivity contribution in [1.82, 2.24) is 9.80 Å². The summed E-state index contributed by atoms with van der Waals surface area (Å²) in [7, 11) is 0. The maximum absolute atomic E-state index is 11.3. The van der Waals surface area contributed by atoms with Gasteiger partial charge in [0.15, 0.2) is 0 Å². The zero-order valence-electron chi connectivity index (χ0n) is 17.9. The number of carboxylic acids is 2. The van der Waals surface area contributed by atoms with Crippen LogP contribution in [0.25, 0.3) is 0 Å². The Balaban J connectivity index is 0.00000544. The number of aliphatic hydroxyl groups excluding tert-OH is 2. The first-order chi connectivity index (χ1) is 15.2. The van der Waals surface area contributed by atoms with Crippen LogP contribution in [0.3, 0.4) is 0 Å². The molecule has 0 aliphatic rings. The van der Waals surface area contributed by atoms with Crippen LogP contribution in [0.15, 0.2) is 36.4 Å². The van der Waals surface area contributed by atoms with Crippen LogP contribution in [-0.4, -0.2) is 78.6 Å². The molecular weight excluding hydrogens is 488 g/mol. The van der Waals surface area contributed by atoms with Gasteiger partial charge in [0.05, 0.1) is 26.3 Å². The van der Waals surface area contributed by atoms with Gasteiger partial charge in [-0.1, -0.05) is 43.8 Å². The minimum Gasteiger partial charge on any atom is -0.507 e. The second kappa shape index (κ2) is 15.3. The summed E-state index contributed by atoms with van der Waals surface area (Å²) in [5.74, 6) is -2.39. The van der Waals surface area contributed by atoms with Crippen LogP contribution in [0, 0.1) is 0 Å². The summed E-state index contributed by atoms with van der Waals surface area (Å²) in [5, 5.41) is 57.7. The first-order valence-corrected chi connectivity index (χ1v) is 9.94. The molecule has 0 spiro atoms. The van der Waals surface area contributed by atoms with E-state index in [0.717, 1.165) is 0 Å². The zero-order valence-corrected chi connectivity index (χ0v) is 19.0. The molecular formula is C23H32FeN2O8. The van der Waals surface area contributed by atoms with Gasteiger partial charge in [0.1, 0.15) is 11.5 Å². The number of aliphatic carboxylic acids is 2. The molecule has 0 radical (unpaired) electrons. The van der Waals surface area contributed by atoms with Crippen LogP contribution in [0.1, 0.15) is 29.7 Å². The Morgan fingerprint density at radius 1 is 0.676 bits per heavy atom. The fourth-order valence-corrected chi connectivity index (χ4v) is 3.37. The van der Waals surface area contributed by atoms with Gasteiger partial charge in [0, 0.05) is 65.5 Å². The first-order valence-electron chi connectivity index (χ1n) is 9.94. The van der Waals surface area contributed by atoms with Gasteiger partial charge >= 0.3 is 11.9 Å². The van der Waals surface area contributed by atoms with Gasteiger partial charge in [-0.2, -0.15) is 0 Å². The molecule has 10 nitrogen and oxygen atoms in total. The predicted octanol–water partition coefficient (Wildman–Crippen LogP) is 1.19. The van der Waals surface area contributed by atoms with Crippen molar-refractivity contribution in [2.24, 2.45) is 0 Å². The molecule has 0 heterocycles. The molecule has 0 saturated carbocycles. The minimum absolute atomic E-state index is 0. The summed E-state index contributed by atoms with van der Waals surface area (Å²) in [5.41, 5.74) is 1.53. The number of aromatic hydroxyl groups is 2. The molecule has 0 bridgehead atoms. The molecule has 0 aromatic heterocycles. The van der Waals surface area contributed by atoms with Crippen molar-refractivity contribution < 1.29 is 57.3 Å². The molecule has 2 aromatic carbocycles. The molecule has 34 heavy (non-hydrogen) atoms. The van der Waals surface area contributed by atoms with Crippen molar-refractivity contribution >= 4 is 11.9 Å². The fraction of sp³-hybridized carbons (Fsp3) is 0.391. The number of hydrogen-bond donors (Lipinski definition) is 6. The first kappa shape index (κ1) is 31.3. The SMILES string of the molecule is C.O=C(O)CN(CCN(CC(=O)O)Cc1cccc(CO)c1O)Cc1cccc(CO)c1O.[Fe]. The summed E-state index contributed by atoms with van der Waals surface area (Å²) in [4.78, 5) is 25.7. The summed E-state index contributed by atoms with van der Waals surface area (Å²) in [6, 6.07) is 9.65. The summed E-state index contributed by atoms with van der Waals surface area (Å²) >= 11 is 0. The van der Waals surface area contributed by atoms with E-state index in [1.54, 1.807) is 36.4 Å². The van der Waals surface area contributed by atoms with Gasteiger partial charge in [-0.05, 0) is 0 Å². The Morgan fingerprint density at radius 2 is 1.00 bits per heavy atom. The second-order valence-electron chi connectivity index (χ2n) is 7.37. The Hall–Kier alpha value is -2.66. The van der Waals surface area contributed by atoms with Gasteiger partial charge in [-0.25, -0.2) is 0 Å². The van der Waals surface area contributed by atoms with E-state index >= 15 is 0 Å². The number of phenols is 2. The van der Waals surface area contributed by atoms with Crippen LogP contribution in [0.2, 0.25) is 0 Å². The molecule has 0 saturated heterocycles. The third kappa shape index (κ3) is 9.30. The van der Waals surface area contributed by atoms with Crippen LogP contribution in [0.5, 0.6) is 11.5 Å². The predicted molar refractivity (Wildman–Crippen MR) is 121 cm³/mol. The number of nitrogens with zero attached hydrogens (tertiary/aromatic N) is 2. The van der Waals surface area contributed by atoms with Crippen LogP contribution < -0.4 is 0 Å². The molecule has 190 valence electrons. The number of carboxylic acid groups (broad SMARTS) is 2. The van der Waals surface area contributed by atoms with Crippen molar-refractivity contribution in [2.75, 3.05) is 26.2 Å². The van der Waals surface area contributed by atoms with Crippen LogP contribution in [0.4, 0.5) is 0 Å². The van der Waals surface area contributed by atoms with E-state index in [2.05, 4.69) is 0 Å². The molecule has 11 heteroatoms. The second-order valence-corrected chi connectivity index (χ2v) is 7.37. The molecule has 0 amide bonds. The summed E-state index contributed by atoms with van der Waals surface area (Å²) < 4.78 is 0. The molecule has 2 rings (SSSR count). The van der Waals surface area contributed by atoms with E-state index in [9.17, 15) is 40.2 Å². The molecule has 0 atom stereocenters. The number of aliphatic hydroxyl groups is 2. The topological polar surface area (TPSA) is 162 Å². The van der Waals surface area contributed by atoms with Crippen LogP contribution >= 0.6 is 0 Å². The molecule has 0 fully saturated rings. The van der Waals surface area contributed by atoms with Gasteiger partial charge < -0.3 is 30.6 Å². The molecule has 2 aromatic rings. The fourth-order valence-electron chi connectivity index (χ4n) is 3.37. The number of benzene rings is 2. The van der Waals surface area contributed by atoms with Crippen molar-refractivity contribution in [1.29, 1.82) is 0 Å². The molecule has 0 aliphatic heterocycles. The number of para-hydroxylation sites is 2. The van der Waals surface area contributed by atoms with E-state index in [0.29, 0.717) is 22.3 Å². The summed E-state index contributed by atoms with van der Waals surface area (Å²) in [6.07, 6.45) is 0.